The van der Waals surface area contributed by atoms with Crippen LogP contribution in [0.15, 0.2) is 18.2 Å². The number of rotatable bonds is 4. The summed E-state index contributed by atoms with van der Waals surface area (Å²) >= 11 is 0. The van der Waals surface area contributed by atoms with E-state index in [4.69, 9.17) is 15.2 Å². The third kappa shape index (κ3) is 2.85. The summed E-state index contributed by atoms with van der Waals surface area (Å²) in [6.45, 7) is 7.60. The lowest BCUT2D eigenvalue weighted by molar-refractivity contribution is 0.118. The van der Waals surface area contributed by atoms with Gasteiger partial charge in [-0.15, -0.1) is 0 Å². The van der Waals surface area contributed by atoms with Crippen LogP contribution >= 0.6 is 0 Å². The standard InChI is InChI=1S/C15H23NO2/c1-4-17-14-6-5-10(2)7-13(14)15(16)12-8-11(3)18-9-12/h5-7,11-12,15H,4,8-9,16H2,1-3H3. The third-order valence-corrected chi connectivity index (χ3v) is 3.56. The molecule has 1 saturated heterocycles. The van der Waals surface area contributed by atoms with E-state index < -0.39 is 0 Å². The van der Waals surface area contributed by atoms with E-state index in [9.17, 15) is 0 Å². The Morgan fingerprint density at radius 1 is 1.50 bits per heavy atom. The third-order valence-electron chi connectivity index (χ3n) is 3.56. The molecule has 3 unspecified atom stereocenters. The molecule has 3 nitrogen and oxygen atoms in total. The Labute approximate surface area is 109 Å². The van der Waals surface area contributed by atoms with E-state index in [-0.39, 0.29) is 6.04 Å². The van der Waals surface area contributed by atoms with Gasteiger partial charge in [-0.2, -0.15) is 0 Å². The van der Waals surface area contributed by atoms with Crippen molar-refractivity contribution in [1.29, 1.82) is 0 Å². The van der Waals surface area contributed by atoms with Crippen LogP contribution in [0.3, 0.4) is 0 Å². The van der Waals surface area contributed by atoms with Gasteiger partial charge in [-0.1, -0.05) is 17.7 Å². The van der Waals surface area contributed by atoms with E-state index in [0.717, 1.165) is 24.3 Å². The molecule has 0 spiro atoms. The molecule has 1 aromatic rings. The summed E-state index contributed by atoms with van der Waals surface area (Å²) in [5.74, 6) is 1.30. The van der Waals surface area contributed by atoms with E-state index in [2.05, 4.69) is 26.0 Å². The molecule has 0 aliphatic carbocycles. The van der Waals surface area contributed by atoms with Gasteiger partial charge in [-0.25, -0.2) is 0 Å². The Morgan fingerprint density at radius 3 is 2.89 bits per heavy atom. The molecule has 1 aliphatic rings. The van der Waals surface area contributed by atoms with Crippen LogP contribution in [0.2, 0.25) is 0 Å². The van der Waals surface area contributed by atoms with Crippen molar-refractivity contribution >= 4 is 0 Å². The molecule has 1 aromatic carbocycles. The van der Waals surface area contributed by atoms with Crippen LogP contribution in [0.1, 0.15) is 37.4 Å². The zero-order chi connectivity index (χ0) is 13.1. The van der Waals surface area contributed by atoms with Gasteiger partial charge in [0.2, 0.25) is 0 Å². The summed E-state index contributed by atoms with van der Waals surface area (Å²) in [4.78, 5) is 0. The second-order valence-electron chi connectivity index (χ2n) is 5.14. The second-order valence-corrected chi connectivity index (χ2v) is 5.14. The van der Waals surface area contributed by atoms with Gasteiger partial charge >= 0.3 is 0 Å². The van der Waals surface area contributed by atoms with Crippen LogP contribution in [0, 0.1) is 12.8 Å². The minimum atomic E-state index is -0.00333. The summed E-state index contributed by atoms with van der Waals surface area (Å²) in [5, 5.41) is 0. The number of nitrogens with two attached hydrogens (primary N) is 1. The summed E-state index contributed by atoms with van der Waals surface area (Å²) in [6.07, 6.45) is 1.35. The van der Waals surface area contributed by atoms with E-state index >= 15 is 0 Å². The lowest BCUT2D eigenvalue weighted by atomic mass is 9.90. The highest BCUT2D eigenvalue weighted by Crippen LogP contribution is 2.34. The van der Waals surface area contributed by atoms with Gasteiger partial charge in [0.1, 0.15) is 5.75 Å². The highest BCUT2D eigenvalue weighted by molar-refractivity contribution is 5.39. The van der Waals surface area contributed by atoms with E-state index in [1.165, 1.54) is 5.56 Å². The Bertz CT molecular complexity index is 405. The SMILES string of the molecule is CCOc1ccc(C)cc1C(N)C1COC(C)C1. The molecule has 2 N–H and O–H groups in total. The van der Waals surface area contributed by atoms with E-state index in [1.54, 1.807) is 0 Å². The molecule has 1 aliphatic heterocycles. The van der Waals surface area contributed by atoms with Gasteiger partial charge in [-0.3, -0.25) is 0 Å². The van der Waals surface area contributed by atoms with Crippen LogP contribution < -0.4 is 10.5 Å². The van der Waals surface area contributed by atoms with Gasteiger partial charge in [0.25, 0.3) is 0 Å². The highest BCUT2D eigenvalue weighted by Gasteiger charge is 2.29. The first-order valence-corrected chi connectivity index (χ1v) is 6.72. The maximum Gasteiger partial charge on any atom is 0.124 e. The van der Waals surface area contributed by atoms with E-state index in [1.807, 2.05) is 13.0 Å². The molecular formula is C15H23NO2. The lowest BCUT2D eigenvalue weighted by Crippen LogP contribution is -2.22. The van der Waals surface area contributed by atoms with Gasteiger partial charge in [0, 0.05) is 17.5 Å². The fourth-order valence-electron chi connectivity index (χ4n) is 2.57. The smallest absolute Gasteiger partial charge is 0.124 e. The van der Waals surface area contributed by atoms with Crippen molar-refractivity contribution in [2.45, 2.75) is 39.3 Å². The first kappa shape index (κ1) is 13.4. The fourth-order valence-corrected chi connectivity index (χ4v) is 2.57. The quantitative estimate of drug-likeness (QED) is 0.892. The van der Waals surface area contributed by atoms with E-state index in [0.29, 0.717) is 18.6 Å². The highest BCUT2D eigenvalue weighted by atomic mass is 16.5. The first-order valence-electron chi connectivity index (χ1n) is 6.72. The van der Waals surface area contributed by atoms with Crippen LogP contribution in [0.4, 0.5) is 0 Å². The summed E-state index contributed by atoms with van der Waals surface area (Å²) in [6, 6.07) is 6.22. The van der Waals surface area contributed by atoms with Gasteiger partial charge < -0.3 is 15.2 Å². The lowest BCUT2D eigenvalue weighted by Gasteiger charge is -2.21. The van der Waals surface area contributed by atoms with Crippen LogP contribution in [0.25, 0.3) is 0 Å². The predicted molar refractivity (Wildman–Crippen MR) is 72.8 cm³/mol. The summed E-state index contributed by atoms with van der Waals surface area (Å²) < 4.78 is 11.3. The molecule has 2 rings (SSSR count). The summed E-state index contributed by atoms with van der Waals surface area (Å²) in [5.41, 5.74) is 8.73. The Kier molecular flexibility index (Phi) is 4.25. The van der Waals surface area contributed by atoms with Crippen molar-refractivity contribution in [1.82, 2.24) is 0 Å². The van der Waals surface area contributed by atoms with Crippen LogP contribution in [-0.2, 0) is 4.74 Å². The topological polar surface area (TPSA) is 44.5 Å². The van der Waals surface area contributed by atoms with Crippen LogP contribution in [0.5, 0.6) is 5.75 Å². The van der Waals surface area contributed by atoms with Crippen molar-refractivity contribution in [2.24, 2.45) is 11.7 Å². The molecule has 100 valence electrons. The zero-order valence-electron chi connectivity index (χ0n) is 11.5. The number of ether oxygens (including phenoxy) is 2. The van der Waals surface area contributed by atoms with Crippen molar-refractivity contribution in [2.75, 3.05) is 13.2 Å². The number of hydrogen-bond acceptors (Lipinski definition) is 3. The molecule has 0 aromatic heterocycles. The minimum absolute atomic E-state index is 0.00333. The van der Waals surface area contributed by atoms with Crippen molar-refractivity contribution in [3.8, 4) is 5.75 Å². The average molecular weight is 249 g/mol. The molecule has 3 atom stereocenters. The normalized spacial score (nSPS) is 25.1. The molecule has 1 heterocycles. The monoisotopic (exact) mass is 249 g/mol. The Morgan fingerprint density at radius 2 is 2.28 bits per heavy atom. The summed E-state index contributed by atoms with van der Waals surface area (Å²) in [7, 11) is 0. The fraction of sp³-hybridized carbons (Fsp3) is 0.600. The van der Waals surface area contributed by atoms with Crippen molar-refractivity contribution in [3.63, 3.8) is 0 Å². The molecule has 1 fully saturated rings. The van der Waals surface area contributed by atoms with Gasteiger partial charge in [0.05, 0.1) is 19.3 Å². The average Bonchev–Trinajstić information content (AvgIpc) is 2.77. The first-order chi connectivity index (χ1) is 8.61. The number of aryl methyl sites for hydroxylation is 1. The molecule has 0 amide bonds. The van der Waals surface area contributed by atoms with Gasteiger partial charge in [0.15, 0.2) is 0 Å². The number of hydrogen-bond donors (Lipinski definition) is 1. The largest absolute Gasteiger partial charge is 0.494 e. The van der Waals surface area contributed by atoms with Crippen molar-refractivity contribution < 1.29 is 9.47 Å². The maximum absolute atomic E-state index is 6.40. The van der Waals surface area contributed by atoms with Crippen LogP contribution in [-0.4, -0.2) is 19.3 Å². The molecule has 0 saturated carbocycles. The molecule has 3 heteroatoms. The maximum atomic E-state index is 6.40. The molecule has 0 radical (unpaired) electrons. The molecular weight excluding hydrogens is 226 g/mol. The second kappa shape index (κ2) is 5.72. The van der Waals surface area contributed by atoms with Gasteiger partial charge in [-0.05, 0) is 33.3 Å². The minimum Gasteiger partial charge on any atom is -0.494 e. The molecule has 0 bridgehead atoms. The Balaban J connectivity index is 2.22. The Hall–Kier alpha value is -1.06. The molecule has 18 heavy (non-hydrogen) atoms. The number of benzene rings is 1. The predicted octanol–water partition coefficient (Wildman–Crippen LogP) is 2.82. The zero-order valence-corrected chi connectivity index (χ0v) is 11.5. The van der Waals surface area contributed by atoms with Crippen molar-refractivity contribution in [3.05, 3.63) is 29.3 Å².